The highest BCUT2D eigenvalue weighted by molar-refractivity contribution is 9.10. The van der Waals surface area contributed by atoms with Crippen LogP contribution in [0.15, 0.2) is 18.2 Å². The standard InChI is InChI=1S/C10H11BrFNO2/c1-6(11)10(14)13-7-3-4-8(12)9(5-7)15-2/h3-6H,1-2H3,(H,13,14). The van der Waals surface area contributed by atoms with Crippen molar-refractivity contribution in [3.63, 3.8) is 0 Å². The summed E-state index contributed by atoms with van der Waals surface area (Å²) in [6.45, 7) is 1.70. The first-order valence-corrected chi connectivity index (χ1v) is 5.24. The van der Waals surface area contributed by atoms with E-state index in [0.29, 0.717) is 5.69 Å². The van der Waals surface area contributed by atoms with E-state index in [9.17, 15) is 9.18 Å². The fourth-order valence-corrected chi connectivity index (χ4v) is 1.09. The number of hydrogen-bond acceptors (Lipinski definition) is 2. The molecule has 1 amide bonds. The molecular formula is C10H11BrFNO2. The molecule has 1 aromatic rings. The summed E-state index contributed by atoms with van der Waals surface area (Å²) in [6, 6.07) is 4.15. The Labute approximate surface area is 95.7 Å². The van der Waals surface area contributed by atoms with Crippen LogP contribution in [0.25, 0.3) is 0 Å². The van der Waals surface area contributed by atoms with E-state index in [1.54, 1.807) is 6.92 Å². The van der Waals surface area contributed by atoms with Crippen LogP contribution in [0, 0.1) is 5.82 Å². The number of halogens is 2. The lowest BCUT2D eigenvalue weighted by Crippen LogP contribution is -2.19. The molecule has 1 N–H and O–H groups in total. The maximum atomic E-state index is 13.0. The maximum absolute atomic E-state index is 13.0. The highest BCUT2D eigenvalue weighted by Crippen LogP contribution is 2.21. The summed E-state index contributed by atoms with van der Waals surface area (Å²) in [5.41, 5.74) is 0.504. The van der Waals surface area contributed by atoms with Gasteiger partial charge in [-0.25, -0.2) is 4.39 Å². The first-order chi connectivity index (χ1) is 7.04. The zero-order chi connectivity index (χ0) is 11.4. The highest BCUT2D eigenvalue weighted by Gasteiger charge is 2.10. The number of anilines is 1. The minimum atomic E-state index is -0.456. The zero-order valence-corrected chi connectivity index (χ0v) is 9.97. The van der Waals surface area contributed by atoms with E-state index in [1.807, 2.05) is 0 Å². The van der Waals surface area contributed by atoms with Gasteiger partial charge in [-0.2, -0.15) is 0 Å². The molecule has 1 atom stereocenters. The number of amides is 1. The Morgan fingerprint density at radius 1 is 1.60 bits per heavy atom. The van der Waals surface area contributed by atoms with Crippen molar-refractivity contribution in [1.82, 2.24) is 0 Å². The second-order valence-electron chi connectivity index (χ2n) is 2.95. The van der Waals surface area contributed by atoms with Gasteiger partial charge in [0, 0.05) is 11.8 Å². The second kappa shape index (κ2) is 5.11. The van der Waals surface area contributed by atoms with Gasteiger partial charge in [0.15, 0.2) is 11.6 Å². The molecule has 0 spiro atoms. The topological polar surface area (TPSA) is 38.3 Å². The molecule has 0 heterocycles. The fourth-order valence-electron chi connectivity index (χ4n) is 0.979. The fraction of sp³-hybridized carbons (Fsp3) is 0.300. The summed E-state index contributed by atoms with van der Waals surface area (Å²) in [5.74, 6) is -0.541. The summed E-state index contributed by atoms with van der Waals surface area (Å²) >= 11 is 3.13. The summed E-state index contributed by atoms with van der Waals surface area (Å²) in [5, 5.41) is 2.61. The first kappa shape index (κ1) is 12.0. The number of benzene rings is 1. The lowest BCUT2D eigenvalue weighted by Gasteiger charge is -2.08. The summed E-state index contributed by atoms with van der Waals surface area (Å²) in [4.78, 5) is 11.0. The Morgan fingerprint density at radius 2 is 2.27 bits per heavy atom. The molecule has 0 bridgehead atoms. The van der Waals surface area contributed by atoms with Gasteiger partial charge in [-0.05, 0) is 19.1 Å². The van der Waals surface area contributed by atoms with Gasteiger partial charge in [-0.1, -0.05) is 15.9 Å². The Morgan fingerprint density at radius 3 is 2.80 bits per heavy atom. The maximum Gasteiger partial charge on any atom is 0.237 e. The number of ether oxygens (including phenoxy) is 1. The molecule has 15 heavy (non-hydrogen) atoms. The van der Waals surface area contributed by atoms with Crippen LogP contribution in [-0.4, -0.2) is 17.8 Å². The van der Waals surface area contributed by atoms with Crippen molar-refractivity contribution >= 4 is 27.5 Å². The lowest BCUT2D eigenvalue weighted by atomic mass is 10.3. The van der Waals surface area contributed by atoms with Crippen molar-refractivity contribution in [3.05, 3.63) is 24.0 Å². The Kier molecular flexibility index (Phi) is 4.08. The first-order valence-electron chi connectivity index (χ1n) is 4.33. The van der Waals surface area contributed by atoms with Crippen LogP contribution in [0.5, 0.6) is 5.75 Å². The quantitative estimate of drug-likeness (QED) is 0.862. The molecule has 1 aromatic carbocycles. The largest absolute Gasteiger partial charge is 0.494 e. The molecule has 82 valence electrons. The Bertz CT molecular complexity index is 368. The molecule has 3 nitrogen and oxygen atoms in total. The van der Waals surface area contributed by atoms with Crippen LogP contribution >= 0.6 is 15.9 Å². The third-order valence-electron chi connectivity index (χ3n) is 1.78. The molecule has 0 saturated heterocycles. The van der Waals surface area contributed by atoms with Crippen molar-refractivity contribution in [1.29, 1.82) is 0 Å². The monoisotopic (exact) mass is 275 g/mol. The van der Waals surface area contributed by atoms with Crippen LogP contribution in [0.1, 0.15) is 6.92 Å². The van der Waals surface area contributed by atoms with E-state index in [-0.39, 0.29) is 16.5 Å². The molecule has 1 unspecified atom stereocenters. The number of alkyl halides is 1. The van der Waals surface area contributed by atoms with E-state index in [4.69, 9.17) is 4.74 Å². The lowest BCUT2D eigenvalue weighted by molar-refractivity contribution is -0.115. The molecule has 0 aliphatic rings. The molecule has 0 aromatic heterocycles. The zero-order valence-electron chi connectivity index (χ0n) is 8.38. The third-order valence-corrected chi connectivity index (χ3v) is 2.20. The van der Waals surface area contributed by atoms with E-state index in [1.165, 1.54) is 25.3 Å². The molecule has 0 radical (unpaired) electrons. The van der Waals surface area contributed by atoms with Crippen LogP contribution in [0.2, 0.25) is 0 Å². The van der Waals surface area contributed by atoms with Gasteiger partial charge >= 0.3 is 0 Å². The minimum absolute atomic E-state index is 0.107. The number of carbonyl (C=O) groups is 1. The second-order valence-corrected chi connectivity index (χ2v) is 4.33. The number of methoxy groups -OCH3 is 1. The van der Waals surface area contributed by atoms with Gasteiger partial charge in [0.2, 0.25) is 5.91 Å². The predicted molar refractivity (Wildman–Crippen MR) is 60.0 cm³/mol. The van der Waals surface area contributed by atoms with E-state index in [0.717, 1.165) is 0 Å². The third kappa shape index (κ3) is 3.20. The van der Waals surface area contributed by atoms with Gasteiger partial charge < -0.3 is 10.1 Å². The van der Waals surface area contributed by atoms with E-state index < -0.39 is 5.82 Å². The van der Waals surface area contributed by atoms with Crippen LogP contribution in [0.4, 0.5) is 10.1 Å². The van der Waals surface area contributed by atoms with E-state index >= 15 is 0 Å². The van der Waals surface area contributed by atoms with Gasteiger partial charge in [0.1, 0.15) is 0 Å². The van der Waals surface area contributed by atoms with Crippen LogP contribution < -0.4 is 10.1 Å². The van der Waals surface area contributed by atoms with Crippen LogP contribution in [-0.2, 0) is 4.79 Å². The van der Waals surface area contributed by atoms with Crippen molar-refractivity contribution in [2.75, 3.05) is 12.4 Å². The van der Waals surface area contributed by atoms with Crippen molar-refractivity contribution in [3.8, 4) is 5.75 Å². The number of nitrogens with one attached hydrogen (secondary N) is 1. The average molecular weight is 276 g/mol. The SMILES string of the molecule is COc1cc(NC(=O)C(C)Br)ccc1F. The molecule has 0 fully saturated rings. The molecule has 1 rings (SSSR count). The Balaban J connectivity index is 2.83. The molecule has 0 aliphatic heterocycles. The minimum Gasteiger partial charge on any atom is -0.494 e. The summed E-state index contributed by atoms with van der Waals surface area (Å²) in [7, 11) is 1.37. The predicted octanol–water partition coefficient (Wildman–Crippen LogP) is 2.56. The van der Waals surface area contributed by atoms with Crippen molar-refractivity contribution in [2.45, 2.75) is 11.8 Å². The van der Waals surface area contributed by atoms with Crippen molar-refractivity contribution < 1.29 is 13.9 Å². The highest BCUT2D eigenvalue weighted by atomic mass is 79.9. The number of hydrogen-bond donors (Lipinski definition) is 1. The number of rotatable bonds is 3. The summed E-state index contributed by atoms with van der Waals surface area (Å²) < 4.78 is 17.8. The summed E-state index contributed by atoms with van der Waals surface area (Å²) in [6.07, 6.45) is 0. The number of carbonyl (C=O) groups excluding carboxylic acids is 1. The normalized spacial score (nSPS) is 12.0. The van der Waals surface area contributed by atoms with Crippen LogP contribution in [0.3, 0.4) is 0 Å². The van der Waals surface area contributed by atoms with Gasteiger partial charge in [0.25, 0.3) is 0 Å². The molecule has 5 heteroatoms. The smallest absolute Gasteiger partial charge is 0.237 e. The van der Waals surface area contributed by atoms with Crippen molar-refractivity contribution in [2.24, 2.45) is 0 Å². The van der Waals surface area contributed by atoms with E-state index in [2.05, 4.69) is 21.2 Å². The Hall–Kier alpha value is -1.10. The molecular weight excluding hydrogens is 265 g/mol. The van der Waals surface area contributed by atoms with Gasteiger partial charge in [-0.15, -0.1) is 0 Å². The molecule has 0 aliphatic carbocycles. The molecule has 0 saturated carbocycles. The van der Waals surface area contributed by atoms with Gasteiger partial charge in [0.05, 0.1) is 11.9 Å². The average Bonchev–Trinajstić information content (AvgIpc) is 2.20. The van der Waals surface area contributed by atoms with Gasteiger partial charge in [-0.3, -0.25) is 4.79 Å².